The van der Waals surface area contributed by atoms with Crippen LogP contribution < -0.4 is 26.3 Å². The van der Waals surface area contributed by atoms with Crippen LogP contribution in [0.15, 0.2) is 60.6 Å². The SMILES string of the molecule is COc1ccc2c([C@H](Nc3cc(Cl)c4ncc(C#N)c(NCC(C)(C)C)c4c3)C3=CN(C4(C(F)(F)F)CC4)NN3)cccc2n1. The Morgan fingerprint density at radius 1 is 1.16 bits per heavy atom. The van der Waals surface area contributed by atoms with Gasteiger partial charge in [-0.15, -0.1) is 5.53 Å². The predicted molar refractivity (Wildman–Crippen MR) is 168 cm³/mol. The van der Waals surface area contributed by atoms with Crippen LogP contribution in [0.25, 0.3) is 21.8 Å². The molecule has 1 aliphatic heterocycles. The summed E-state index contributed by atoms with van der Waals surface area (Å²) in [5.41, 5.74) is 7.59. The summed E-state index contributed by atoms with van der Waals surface area (Å²) in [7, 11) is 1.53. The Morgan fingerprint density at radius 3 is 2.60 bits per heavy atom. The molecule has 4 aromatic rings. The van der Waals surface area contributed by atoms with Crippen LogP contribution in [0, 0.1) is 16.7 Å². The molecule has 0 bridgehead atoms. The molecule has 0 radical (unpaired) electrons. The number of pyridine rings is 2. The van der Waals surface area contributed by atoms with Crippen molar-refractivity contribution in [3.8, 4) is 11.9 Å². The molecule has 2 aromatic heterocycles. The van der Waals surface area contributed by atoms with E-state index in [1.165, 1.54) is 19.5 Å². The molecule has 1 atom stereocenters. The lowest BCUT2D eigenvalue weighted by molar-refractivity contribution is -0.195. The number of aromatic nitrogens is 2. The van der Waals surface area contributed by atoms with Gasteiger partial charge in [-0.05, 0) is 48.1 Å². The molecule has 1 aliphatic carbocycles. The Morgan fingerprint density at radius 2 is 1.93 bits per heavy atom. The maximum Gasteiger partial charge on any atom is 0.413 e. The molecule has 9 nitrogen and oxygen atoms in total. The molecule has 3 heterocycles. The van der Waals surface area contributed by atoms with E-state index in [2.05, 4.69) is 58.4 Å². The highest BCUT2D eigenvalue weighted by molar-refractivity contribution is 6.35. The largest absolute Gasteiger partial charge is 0.481 e. The highest BCUT2D eigenvalue weighted by atomic mass is 35.5. The summed E-state index contributed by atoms with van der Waals surface area (Å²) in [5.74, 6) is 0.438. The van der Waals surface area contributed by atoms with Gasteiger partial charge in [0.05, 0.1) is 46.2 Å². The van der Waals surface area contributed by atoms with Gasteiger partial charge in [0, 0.05) is 41.5 Å². The molecule has 0 unspecified atom stereocenters. The molecular formula is C32H32ClF3N8O. The van der Waals surface area contributed by atoms with Crippen LogP contribution in [0.5, 0.6) is 5.88 Å². The zero-order valence-electron chi connectivity index (χ0n) is 25.1. The highest BCUT2D eigenvalue weighted by Crippen LogP contribution is 2.54. The van der Waals surface area contributed by atoms with Crippen LogP contribution in [0.2, 0.25) is 5.02 Å². The van der Waals surface area contributed by atoms with Crippen LogP contribution in [0.4, 0.5) is 24.5 Å². The Kier molecular flexibility index (Phi) is 7.57. The van der Waals surface area contributed by atoms with Crippen molar-refractivity contribution < 1.29 is 17.9 Å². The molecule has 2 aromatic carbocycles. The summed E-state index contributed by atoms with van der Waals surface area (Å²) in [6.07, 6.45) is -1.48. The monoisotopic (exact) mass is 636 g/mol. The third-order valence-corrected chi connectivity index (χ3v) is 8.31. The molecule has 0 spiro atoms. The van der Waals surface area contributed by atoms with Gasteiger partial charge in [-0.3, -0.25) is 9.99 Å². The minimum atomic E-state index is -4.41. The number of hydrogen-bond acceptors (Lipinski definition) is 9. The number of hydrogen-bond donors (Lipinski definition) is 4. The second kappa shape index (κ2) is 11.2. The van der Waals surface area contributed by atoms with E-state index in [1.54, 1.807) is 12.1 Å². The van der Waals surface area contributed by atoms with E-state index in [9.17, 15) is 18.4 Å². The topological polar surface area (TPSA) is 110 Å². The Balaban J connectivity index is 1.47. The summed E-state index contributed by atoms with van der Waals surface area (Å²) in [4.78, 5) is 9.01. The van der Waals surface area contributed by atoms with Crippen LogP contribution in [-0.4, -0.2) is 40.3 Å². The third kappa shape index (κ3) is 5.74. The number of halogens is 4. The number of nitrogens with one attached hydrogen (secondary N) is 4. The van der Waals surface area contributed by atoms with Crippen molar-refractivity contribution in [1.29, 1.82) is 5.26 Å². The number of alkyl halides is 3. The fourth-order valence-corrected chi connectivity index (χ4v) is 5.74. The van der Waals surface area contributed by atoms with Gasteiger partial charge < -0.3 is 20.8 Å². The van der Waals surface area contributed by atoms with Crippen LogP contribution >= 0.6 is 11.6 Å². The van der Waals surface area contributed by atoms with Gasteiger partial charge in [0.15, 0.2) is 5.54 Å². The number of nitrogens with zero attached hydrogens (tertiary/aromatic N) is 4. The summed E-state index contributed by atoms with van der Waals surface area (Å²) in [5, 5.41) is 19.6. The molecular weight excluding hydrogens is 605 g/mol. The average Bonchev–Trinajstić information content (AvgIpc) is 3.68. The molecule has 4 N–H and O–H groups in total. The first-order valence-corrected chi connectivity index (χ1v) is 14.8. The van der Waals surface area contributed by atoms with E-state index in [0.717, 1.165) is 16.0 Å². The number of fused-ring (bicyclic) bond motifs is 2. The van der Waals surface area contributed by atoms with Crippen molar-refractivity contribution in [3.63, 3.8) is 0 Å². The van der Waals surface area contributed by atoms with E-state index in [1.807, 2.05) is 30.3 Å². The molecule has 0 saturated heterocycles. The smallest absolute Gasteiger partial charge is 0.413 e. The van der Waals surface area contributed by atoms with Gasteiger partial charge in [0.1, 0.15) is 6.07 Å². The van der Waals surface area contributed by atoms with Gasteiger partial charge in [0.25, 0.3) is 0 Å². The number of ether oxygens (including phenoxy) is 1. The minimum Gasteiger partial charge on any atom is -0.481 e. The van der Waals surface area contributed by atoms with E-state index >= 15 is 0 Å². The number of nitriles is 1. The predicted octanol–water partition coefficient (Wildman–Crippen LogP) is 7.19. The van der Waals surface area contributed by atoms with Gasteiger partial charge in [-0.2, -0.15) is 18.4 Å². The Bertz CT molecular complexity index is 1860. The normalized spacial score (nSPS) is 16.6. The third-order valence-electron chi connectivity index (χ3n) is 8.02. The average molecular weight is 637 g/mol. The number of methoxy groups -OCH3 is 1. The molecule has 13 heteroatoms. The molecule has 2 aliphatic rings. The maximum atomic E-state index is 14.0. The fourth-order valence-electron chi connectivity index (χ4n) is 5.47. The Labute approximate surface area is 263 Å². The highest BCUT2D eigenvalue weighted by Gasteiger charge is 2.67. The van der Waals surface area contributed by atoms with Gasteiger partial charge >= 0.3 is 6.18 Å². The first-order valence-electron chi connectivity index (χ1n) is 14.4. The molecule has 6 rings (SSSR count). The summed E-state index contributed by atoms with van der Waals surface area (Å²) < 4.78 is 47.4. The number of rotatable bonds is 8. The van der Waals surface area contributed by atoms with Gasteiger partial charge in [-0.1, -0.05) is 44.5 Å². The fraction of sp³-hybridized carbons (Fsp3) is 0.344. The van der Waals surface area contributed by atoms with Crippen molar-refractivity contribution in [1.82, 2.24) is 25.9 Å². The summed E-state index contributed by atoms with van der Waals surface area (Å²) in [6, 6.07) is 14.3. The van der Waals surface area contributed by atoms with E-state index < -0.39 is 17.8 Å². The van der Waals surface area contributed by atoms with Crippen LogP contribution in [-0.2, 0) is 0 Å². The first-order chi connectivity index (χ1) is 21.3. The maximum absolute atomic E-state index is 14.0. The van der Waals surface area contributed by atoms with E-state index in [-0.39, 0.29) is 18.3 Å². The van der Waals surface area contributed by atoms with E-state index in [4.69, 9.17) is 16.3 Å². The zero-order chi connectivity index (χ0) is 32.1. The summed E-state index contributed by atoms with van der Waals surface area (Å²) in [6.45, 7) is 6.83. The second-order valence-electron chi connectivity index (χ2n) is 12.5. The molecule has 0 amide bonds. The van der Waals surface area contributed by atoms with Crippen molar-refractivity contribution in [2.75, 3.05) is 24.3 Å². The van der Waals surface area contributed by atoms with Gasteiger partial charge in [-0.25, -0.2) is 4.98 Å². The zero-order valence-corrected chi connectivity index (χ0v) is 25.9. The number of hydrazine groups is 2. The summed E-state index contributed by atoms with van der Waals surface area (Å²) >= 11 is 6.77. The van der Waals surface area contributed by atoms with Crippen molar-refractivity contribution >= 4 is 44.8 Å². The van der Waals surface area contributed by atoms with Crippen molar-refractivity contribution in [2.24, 2.45) is 5.41 Å². The van der Waals surface area contributed by atoms with Crippen molar-refractivity contribution in [2.45, 2.75) is 51.4 Å². The van der Waals surface area contributed by atoms with Gasteiger partial charge in [0.2, 0.25) is 5.88 Å². The Hall–Kier alpha value is -4.47. The van der Waals surface area contributed by atoms with E-state index in [0.29, 0.717) is 56.5 Å². The number of anilines is 2. The van der Waals surface area contributed by atoms with Crippen LogP contribution in [0.1, 0.15) is 50.8 Å². The van der Waals surface area contributed by atoms with Crippen molar-refractivity contribution in [3.05, 3.63) is 76.7 Å². The molecule has 1 fully saturated rings. The van der Waals surface area contributed by atoms with Crippen LogP contribution in [0.3, 0.4) is 0 Å². The minimum absolute atomic E-state index is 0.0100. The molecule has 45 heavy (non-hydrogen) atoms. The second-order valence-corrected chi connectivity index (χ2v) is 12.9. The molecule has 1 saturated carbocycles. The quantitative estimate of drug-likeness (QED) is 0.160. The lowest BCUT2D eigenvalue weighted by Gasteiger charge is -2.28. The lowest BCUT2D eigenvalue weighted by atomic mass is 9.96. The number of benzene rings is 2. The lowest BCUT2D eigenvalue weighted by Crippen LogP contribution is -2.52. The molecule has 234 valence electrons. The first kappa shape index (κ1) is 30.6. The standard InChI is InChI=1S/C32H32ClF3N8O/c1-30(2,3)17-39-27-18(14-37)15-38-28-22(27)12-19(13-23(28)33)40-29(21-6-5-7-24-20(21)8-9-26(41-24)45-4)25-16-44(43-42-25)31(10-11-31)32(34,35)36/h5-9,12-13,15-16,29,40,42-43H,10-11,17H2,1-4H3,(H,38,39)/t29-/m0/s1.